The van der Waals surface area contributed by atoms with Crippen LogP contribution < -0.4 is 0 Å². The molecule has 0 aromatic heterocycles. The summed E-state index contributed by atoms with van der Waals surface area (Å²) in [5.74, 6) is 1.97. The topological polar surface area (TPSA) is 12.4 Å². The fraction of sp³-hybridized carbons (Fsp3) is 0.682. The van der Waals surface area contributed by atoms with Crippen molar-refractivity contribution < 1.29 is 0 Å². The van der Waals surface area contributed by atoms with Gasteiger partial charge in [-0.15, -0.1) is 0 Å². The predicted octanol–water partition coefficient (Wildman–Crippen LogP) is 6.52. The largest absolute Gasteiger partial charge is 0.297 e. The lowest BCUT2D eigenvalue weighted by molar-refractivity contribution is 0.444. The minimum Gasteiger partial charge on any atom is -0.297 e. The SMILES string of the molecule is CC(C)c1cccc(C(C)C)c1CCCN=CC1CCCCC1. The van der Waals surface area contributed by atoms with E-state index in [1.807, 2.05) is 0 Å². The van der Waals surface area contributed by atoms with E-state index in [2.05, 4.69) is 52.1 Å². The number of hydrogen-bond acceptors (Lipinski definition) is 1. The number of benzene rings is 1. The van der Waals surface area contributed by atoms with Gasteiger partial charge in [-0.1, -0.05) is 65.2 Å². The van der Waals surface area contributed by atoms with Crippen LogP contribution in [0.1, 0.15) is 94.7 Å². The summed E-state index contributed by atoms with van der Waals surface area (Å²) in [5.41, 5.74) is 4.66. The highest BCUT2D eigenvalue weighted by atomic mass is 14.7. The normalized spacial score (nSPS) is 16.8. The predicted molar refractivity (Wildman–Crippen MR) is 103 cm³/mol. The lowest BCUT2D eigenvalue weighted by atomic mass is 9.86. The maximum Gasteiger partial charge on any atom is 0.0388 e. The van der Waals surface area contributed by atoms with Gasteiger partial charge in [-0.2, -0.15) is 0 Å². The molecule has 0 unspecified atom stereocenters. The molecule has 1 nitrogen and oxygen atoms in total. The van der Waals surface area contributed by atoms with Crippen LogP contribution in [-0.2, 0) is 6.42 Å². The van der Waals surface area contributed by atoms with Crippen molar-refractivity contribution >= 4 is 6.21 Å². The van der Waals surface area contributed by atoms with E-state index in [-0.39, 0.29) is 0 Å². The smallest absolute Gasteiger partial charge is 0.0388 e. The second-order valence-corrected chi connectivity index (χ2v) is 7.78. The zero-order valence-electron chi connectivity index (χ0n) is 15.6. The summed E-state index contributed by atoms with van der Waals surface area (Å²) in [6.45, 7) is 10.2. The van der Waals surface area contributed by atoms with Crippen molar-refractivity contribution in [3.8, 4) is 0 Å². The fourth-order valence-electron chi connectivity index (χ4n) is 3.85. The van der Waals surface area contributed by atoms with Gasteiger partial charge in [0.15, 0.2) is 0 Å². The highest BCUT2D eigenvalue weighted by Crippen LogP contribution is 2.28. The summed E-state index contributed by atoms with van der Waals surface area (Å²) in [6.07, 6.45) is 11.5. The molecular weight excluding hydrogens is 278 g/mol. The number of aliphatic imine (C=N–C) groups is 1. The molecule has 0 atom stereocenters. The molecule has 128 valence electrons. The summed E-state index contributed by atoms with van der Waals surface area (Å²) in [7, 11) is 0. The fourth-order valence-corrected chi connectivity index (χ4v) is 3.85. The van der Waals surface area contributed by atoms with Crippen molar-refractivity contribution in [3.63, 3.8) is 0 Å². The van der Waals surface area contributed by atoms with Gasteiger partial charge in [0.05, 0.1) is 0 Å². The molecule has 0 bridgehead atoms. The lowest BCUT2D eigenvalue weighted by Crippen LogP contribution is -2.08. The van der Waals surface area contributed by atoms with Crippen LogP contribution in [0.4, 0.5) is 0 Å². The Balaban J connectivity index is 1.92. The van der Waals surface area contributed by atoms with E-state index in [1.54, 1.807) is 5.56 Å². The van der Waals surface area contributed by atoms with Crippen LogP contribution in [0.25, 0.3) is 0 Å². The summed E-state index contributed by atoms with van der Waals surface area (Å²) in [5, 5.41) is 0. The Kier molecular flexibility index (Phi) is 7.33. The molecule has 1 fully saturated rings. The summed E-state index contributed by atoms with van der Waals surface area (Å²) >= 11 is 0. The van der Waals surface area contributed by atoms with Gasteiger partial charge in [0.25, 0.3) is 0 Å². The van der Waals surface area contributed by atoms with Gasteiger partial charge in [0, 0.05) is 12.8 Å². The van der Waals surface area contributed by atoms with Crippen LogP contribution in [0.5, 0.6) is 0 Å². The molecule has 1 saturated carbocycles. The van der Waals surface area contributed by atoms with Crippen LogP contribution in [0.15, 0.2) is 23.2 Å². The monoisotopic (exact) mass is 313 g/mol. The Labute approximate surface area is 143 Å². The van der Waals surface area contributed by atoms with E-state index in [4.69, 9.17) is 4.99 Å². The van der Waals surface area contributed by atoms with Gasteiger partial charge in [-0.05, 0) is 60.1 Å². The number of hydrogen-bond donors (Lipinski definition) is 0. The molecule has 0 saturated heterocycles. The molecule has 0 spiro atoms. The van der Waals surface area contributed by atoms with Crippen LogP contribution in [0.2, 0.25) is 0 Å². The third-order valence-corrected chi connectivity index (χ3v) is 5.17. The molecule has 1 aliphatic rings. The third-order valence-electron chi connectivity index (χ3n) is 5.17. The molecule has 0 N–H and O–H groups in total. The van der Waals surface area contributed by atoms with E-state index in [0.29, 0.717) is 11.8 Å². The molecule has 1 aliphatic carbocycles. The third kappa shape index (κ3) is 5.48. The quantitative estimate of drug-likeness (QED) is 0.401. The van der Waals surface area contributed by atoms with E-state index in [9.17, 15) is 0 Å². The molecule has 1 aromatic rings. The molecule has 2 rings (SSSR count). The Bertz CT molecular complexity index is 466. The first kappa shape index (κ1) is 18.2. The van der Waals surface area contributed by atoms with Crippen molar-refractivity contribution in [3.05, 3.63) is 34.9 Å². The van der Waals surface area contributed by atoms with E-state index in [1.165, 1.54) is 56.1 Å². The summed E-state index contributed by atoms with van der Waals surface area (Å²) in [4.78, 5) is 4.73. The molecule has 0 aliphatic heterocycles. The molecular formula is C22H35N. The molecule has 0 radical (unpaired) electrons. The first-order valence-electron chi connectivity index (χ1n) is 9.71. The molecule has 1 aromatic carbocycles. The average molecular weight is 314 g/mol. The van der Waals surface area contributed by atoms with Gasteiger partial charge in [-0.25, -0.2) is 0 Å². The molecule has 1 heteroatoms. The van der Waals surface area contributed by atoms with E-state index >= 15 is 0 Å². The zero-order valence-corrected chi connectivity index (χ0v) is 15.6. The first-order chi connectivity index (χ1) is 11.1. The zero-order chi connectivity index (χ0) is 16.7. The minimum atomic E-state index is 0.606. The van der Waals surface area contributed by atoms with Crippen molar-refractivity contribution in [2.24, 2.45) is 10.9 Å². The van der Waals surface area contributed by atoms with Crippen LogP contribution in [-0.4, -0.2) is 12.8 Å². The van der Waals surface area contributed by atoms with Gasteiger partial charge in [-0.3, -0.25) is 4.99 Å². The Morgan fingerprint density at radius 3 is 2.17 bits per heavy atom. The first-order valence-corrected chi connectivity index (χ1v) is 9.71. The van der Waals surface area contributed by atoms with E-state index < -0.39 is 0 Å². The highest BCUT2D eigenvalue weighted by Gasteiger charge is 2.13. The molecule has 0 heterocycles. The maximum absolute atomic E-state index is 4.73. The lowest BCUT2D eigenvalue weighted by Gasteiger charge is -2.19. The summed E-state index contributed by atoms with van der Waals surface area (Å²) < 4.78 is 0. The maximum atomic E-state index is 4.73. The van der Waals surface area contributed by atoms with Crippen molar-refractivity contribution in [1.29, 1.82) is 0 Å². The number of rotatable bonds is 7. The summed E-state index contributed by atoms with van der Waals surface area (Å²) in [6, 6.07) is 6.86. The van der Waals surface area contributed by atoms with Gasteiger partial charge >= 0.3 is 0 Å². The number of nitrogens with zero attached hydrogens (tertiary/aromatic N) is 1. The Morgan fingerprint density at radius 2 is 1.61 bits per heavy atom. The van der Waals surface area contributed by atoms with Gasteiger partial charge in [0.2, 0.25) is 0 Å². The minimum absolute atomic E-state index is 0.606. The van der Waals surface area contributed by atoms with Crippen molar-refractivity contribution in [2.45, 2.75) is 84.5 Å². The van der Waals surface area contributed by atoms with Gasteiger partial charge < -0.3 is 0 Å². The van der Waals surface area contributed by atoms with Crippen molar-refractivity contribution in [1.82, 2.24) is 0 Å². The van der Waals surface area contributed by atoms with Gasteiger partial charge in [0.1, 0.15) is 0 Å². The highest BCUT2D eigenvalue weighted by molar-refractivity contribution is 5.60. The standard InChI is InChI=1S/C22H35N/c1-17(2)20-12-8-13-21(18(3)4)22(20)14-9-15-23-16-19-10-6-5-7-11-19/h8,12-13,16-19H,5-7,9-11,14-15H2,1-4H3. The van der Waals surface area contributed by atoms with Crippen molar-refractivity contribution in [2.75, 3.05) is 6.54 Å². The van der Waals surface area contributed by atoms with Crippen LogP contribution in [0.3, 0.4) is 0 Å². The molecule has 23 heavy (non-hydrogen) atoms. The Hall–Kier alpha value is -1.11. The second-order valence-electron chi connectivity index (χ2n) is 7.78. The molecule has 0 amide bonds. The van der Waals surface area contributed by atoms with Crippen LogP contribution >= 0.6 is 0 Å². The van der Waals surface area contributed by atoms with Crippen LogP contribution in [0, 0.1) is 5.92 Å². The van der Waals surface area contributed by atoms with E-state index in [0.717, 1.165) is 12.5 Å². The Morgan fingerprint density at radius 1 is 1.00 bits per heavy atom. The average Bonchev–Trinajstić information content (AvgIpc) is 2.55. The second kappa shape index (κ2) is 9.25.